The molecule has 0 aliphatic rings. The van der Waals surface area contributed by atoms with Crippen molar-refractivity contribution < 1.29 is 4.79 Å². The minimum Gasteiger partial charge on any atom is -0.273 e. The van der Waals surface area contributed by atoms with E-state index in [0.717, 1.165) is 12.8 Å². The number of carbonyl (C=O) groups is 1. The number of rotatable bonds is 5. The molecule has 12 heavy (non-hydrogen) atoms. The smallest absolute Gasteiger partial charge is 0.244 e. The number of amides is 1. The first-order valence-corrected chi connectivity index (χ1v) is 4.33. The van der Waals surface area contributed by atoms with E-state index in [2.05, 4.69) is 17.6 Å². The third-order valence-corrected chi connectivity index (χ3v) is 2.27. The summed E-state index contributed by atoms with van der Waals surface area (Å²) in [6.45, 7) is 6.07. The average Bonchev–Trinajstić information content (AvgIpc) is 2.06. The van der Waals surface area contributed by atoms with Crippen molar-refractivity contribution in [2.45, 2.75) is 33.6 Å². The molecule has 0 heterocycles. The van der Waals surface area contributed by atoms with E-state index in [1.165, 1.54) is 0 Å². The Morgan fingerprint density at radius 2 is 2.08 bits per heavy atom. The summed E-state index contributed by atoms with van der Waals surface area (Å²) < 4.78 is 0. The summed E-state index contributed by atoms with van der Waals surface area (Å²) >= 11 is 0. The maximum Gasteiger partial charge on any atom is 0.244 e. The molecule has 0 fully saturated rings. The van der Waals surface area contributed by atoms with Crippen molar-refractivity contribution in [3.8, 4) is 0 Å². The fourth-order valence-electron chi connectivity index (χ4n) is 1.27. The first kappa shape index (κ1) is 11.1. The maximum atomic E-state index is 11.2. The highest BCUT2D eigenvalue weighted by Crippen LogP contribution is 2.18. The zero-order chi connectivity index (χ0) is 9.56. The summed E-state index contributed by atoms with van der Waals surface area (Å²) in [4.78, 5) is 11.2. The third kappa shape index (κ3) is 2.98. The summed E-state index contributed by atoms with van der Waals surface area (Å²) in [6, 6.07) is 0. The Morgan fingerprint density at radius 1 is 1.50 bits per heavy atom. The highest BCUT2D eigenvalue weighted by Gasteiger charge is 2.21. The van der Waals surface area contributed by atoms with Gasteiger partial charge >= 0.3 is 0 Å². The molecule has 0 rings (SSSR count). The predicted molar refractivity (Wildman–Crippen MR) is 46.5 cm³/mol. The Hall–Kier alpha value is -0.930. The van der Waals surface area contributed by atoms with Crippen LogP contribution < -0.4 is 5.43 Å². The molecule has 0 spiro atoms. The van der Waals surface area contributed by atoms with Crippen LogP contribution in [0.5, 0.6) is 0 Å². The first-order chi connectivity index (χ1) is 5.67. The molecule has 0 aliphatic heterocycles. The van der Waals surface area contributed by atoms with Gasteiger partial charge in [0.2, 0.25) is 5.91 Å². The van der Waals surface area contributed by atoms with Crippen molar-refractivity contribution in [3.05, 3.63) is 0 Å². The molecule has 0 aromatic heterocycles. The summed E-state index contributed by atoms with van der Waals surface area (Å²) in [7, 11) is 0. The van der Waals surface area contributed by atoms with Crippen LogP contribution in [-0.4, -0.2) is 5.91 Å². The van der Waals surface area contributed by atoms with E-state index in [4.69, 9.17) is 5.53 Å². The van der Waals surface area contributed by atoms with Crippen molar-refractivity contribution in [1.82, 2.24) is 5.43 Å². The number of carbonyl (C=O) groups excluding carboxylic acids is 1. The number of hydrogen-bond acceptors (Lipinski definition) is 3. The monoisotopic (exact) mass is 171 g/mol. The largest absolute Gasteiger partial charge is 0.273 e. The van der Waals surface area contributed by atoms with Crippen LogP contribution in [0.3, 0.4) is 0 Å². The molecule has 0 aromatic carbocycles. The molecule has 70 valence electrons. The normalized spacial score (nSPS) is 14.9. The van der Waals surface area contributed by atoms with Crippen molar-refractivity contribution in [2.24, 2.45) is 17.1 Å². The molecule has 4 heteroatoms. The second-order valence-electron chi connectivity index (χ2n) is 2.99. The Morgan fingerprint density at radius 3 is 2.42 bits per heavy atom. The van der Waals surface area contributed by atoms with Crippen LogP contribution in [0.15, 0.2) is 5.22 Å². The molecule has 2 atom stereocenters. The van der Waals surface area contributed by atoms with Crippen LogP contribution in [0, 0.1) is 17.4 Å². The Kier molecular flexibility index (Phi) is 5.25. The molecule has 0 aliphatic carbocycles. The number of nitrogens with one attached hydrogen (secondary N) is 2. The third-order valence-electron chi connectivity index (χ3n) is 2.27. The lowest BCUT2D eigenvalue weighted by atomic mass is 9.89. The lowest BCUT2D eigenvalue weighted by Gasteiger charge is -2.18. The highest BCUT2D eigenvalue weighted by molar-refractivity contribution is 5.78. The van der Waals surface area contributed by atoms with Crippen molar-refractivity contribution in [2.75, 3.05) is 0 Å². The predicted octanol–water partition coefficient (Wildman–Crippen LogP) is 2.12. The van der Waals surface area contributed by atoms with E-state index in [1.807, 2.05) is 13.8 Å². The number of hydrogen-bond donors (Lipinski definition) is 2. The van der Waals surface area contributed by atoms with E-state index < -0.39 is 0 Å². The van der Waals surface area contributed by atoms with Gasteiger partial charge in [-0.15, -0.1) is 0 Å². The Labute approximate surface area is 73.2 Å². The number of nitrogens with zero attached hydrogens (tertiary/aromatic N) is 1. The molecule has 0 saturated carbocycles. The van der Waals surface area contributed by atoms with Gasteiger partial charge in [-0.3, -0.25) is 4.79 Å². The molecule has 0 bridgehead atoms. The van der Waals surface area contributed by atoms with Crippen molar-refractivity contribution in [1.29, 1.82) is 5.53 Å². The fraction of sp³-hybridized carbons (Fsp3) is 0.875. The van der Waals surface area contributed by atoms with E-state index in [0.29, 0.717) is 5.92 Å². The quantitative estimate of drug-likeness (QED) is 0.483. The highest BCUT2D eigenvalue weighted by atomic mass is 16.2. The molecule has 0 radical (unpaired) electrons. The fourth-order valence-corrected chi connectivity index (χ4v) is 1.27. The van der Waals surface area contributed by atoms with Gasteiger partial charge in [0.1, 0.15) is 0 Å². The van der Waals surface area contributed by atoms with Gasteiger partial charge in [-0.05, 0) is 12.3 Å². The summed E-state index contributed by atoms with van der Waals surface area (Å²) in [5.74, 6) is 0.211. The second-order valence-corrected chi connectivity index (χ2v) is 2.99. The van der Waals surface area contributed by atoms with Crippen LogP contribution in [0.25, 0.3) is 0 Å². The molecular formula is C8H17N3O. The van der Waals surface area contributed by atoms with Gasteiger partial charge < -0.3 is 0 Å². The molecule has 2 unspecified atom stereocenters. The van der Waals surface area contributed by atoms with E-state index in [1.54, 1.807) is 0 Å². The van der Waals surface area contributed by atoms with Crippen LogP contribution in [0.4, 0.5) is 0 Å². The molecule has 4 nitrogen and oxygen atoms in total. The van der Waals surface area contributed by atoms with Gasteiger partial charge in [-0.25, -0.2) is 5.43 Å². The lowest BCUT2D eigenvalue weighted by Crippen LogP contribution is -2.30. The molecule has 1 amide bonds. The minimum atomic E-state index is -0.137. The van der Waals surface area contributed by atoms with Gasteiger partial charge in [0.15, 0.2) is 0 Å². The SMILES string of the molecule is CCC(C)C(CC)C(=O)NN=N. The minimum absolute atomic E-state index is 0.0101. The molecular weight excluding hydrogens is 154 g/mol. The van der Waals surface area contributed by atoms with Crippen LogP contribution in [-0.2, 0) is 4.79 Å². The zero-order valence-corrected chi connectivity index (χ0v) is 7.92. The lowest BCUT2D eigenvalue weighted by molar-refractivity contribution is -0.126. The topological polar surface area (TPSA) is 65.3 Å². The van der Waals surface area contributed by atoms with E-state index >= 15 is 0 Å². The Bertz CT molecular complexity index is 158. The van der Waals surface area contributed by atoms with Crippen LogP contribution in [0.1, 0.15) is 33.6 Å². The van der Waals surface area contributed by atoms with E-state index in [-0.39, 0.29) is 11.8 Å². The van der Waals surface area contributed by atoms with Crippen molar-refractivity contribution in [3.63, 3.8) is 0 Å². The van der Waals surface area contributed by atoms with Gasteiger partial charge in [-0.2, -0.15) is 5.53 Å². The van der Waals surface area contributed by atoms with Gasteiger partial charge in [-0.1, -0.05) is 32.4 Å². The van der Waals surface area contributed by atoms with Crippen LogP contribution in [0.2, 0.25) is 0 Å². The summed E-state index contributed by atoms with van der Waals surface area (Å²) in [5, 5.41) is 2.87. The van der Waals surface area contributed by atoms with Gasteiger partial charge in [0.05, 0.1) is 0 Å². The molecule has 2 N–H and O–H groups in total. The van der Waals surface area contributed by atoms with E-state index in [9.17, 15) is 4.79 Å². The average molecular weight is 171 g/mol. The van der Waals surface area contributed by atoms with Crippen molar-refractivity contribution >= 4 is 5.91 Å². The zero-order valence-electron chi connectivity index (χ0n) is 7.92. The van der Waals surface area contributed by atoms with Crippen LogP contribution >= 0.6 is 0 Å². The second kappa shape index (κ2) is 5.69. The first-order valence-electron chi connectivity index (χ1n) is 4.33. The maximum absolute atomic E-state index is 11.2. The van der Waals surface area contributed by atoms with Gasteiger partial charge in [0, 0.05) is 5.92 Å². The summed E-state index contributed by atoms with van der Waals surface area (Å²) in [6.07, 6.45) is 1.78. The molecule has 0 aromatic rings. The summed E-state index contributed by atoms with van der Waals surface area (Å²) in [5.41, 5.74) is 8.66. The standard InChI is InChI=1S/C8H17N3O/c1-4-6(3)7(5-2)8(12)10-11-9/h6-7H,4-5H2,1-3H3,(H2,9,10,12). The van der Waals surface area contributed by atoms with Gasteiger partial charge in [0.25, 0.3) is 0 Å². The molecule has 0 saturated heterocycles. The Balaban J connectivity index is 4.12.